The Balaban J connectivity index is 2.29. The fraction of sp³-hybridized carbons (Fsp3) is 0.250. The molecule has 2 heterocycles. The van der Waals surface area contributed by atoms with Crippen LogP contribution in [-0.2, 0) is 17.8 Å². The van der Waals surface area contributed by atoms with Gasteiger partial charge in [0.1, 0.15) is 5.78 Å². The van der Waals surface area contributed by atoms with Crippen molar-refractivity contribution in [1.29, 1.82) is 0 Å². The maximum absolute atomic E-state index is 11.3. The molecule has 0 unspecified atom stereocenters. The van der Waals surface area contributed by atoms with Crippen LogP contribution in [0.2, 0.25) is 0 Å². The van der Waals surface area contributed by atoms with Crippen LogP contribution in [-0.4, -0.2) is 10.4 Å². The summed E-state index contributed by atoms with van der Waals surface area (Å²) >= 11 is 0. The second kappa shape index (κ2) is 2.71. The van der Waals surface area contributed by atoms with Crippen LogP contribution in [0.25, 0.3) is 10.9 Å². The Morgan fingerprint density at radius 3 is 3.00 bits per heavy atom. The number of hydrogen-bond acceptors (Lipinski definition) is 1. The van der Waals surface area contributed by atoms with Crippen molar-refractivity contribution < 1.29 is 4.79 Å². The zero-order valence-corrected chi connectivity index (χ0v) is 7.86. The first-order chi connectivity index (χ1) is 6.84. The Morgan fingerprint density at radius 2 is 2.07 bits per heavy atom. The summed E-state index contributed by atoms with van der Waals surface area (Å²) in [7, 11) is 0. The molecule has 2 aromatic rings. The average Bonchev–Trinajstić information content (AvgIpc) is 2.54. The van der Waals surface area contributed by atoms with E-state index in [1.54, 1.807) is 0 Å². The van der Waals surface area contributed by atoms with Gasteiger partial charge in [0.2, 0.25) is 0 Å². The average molecular weight is 185 g/mol. The van der Waals surface area contributed by atoms with Crippen LogP contribution in [0.5, 0.6) is 0 Å². The normalized spacial score (nSPS) is 15.9. The first-order valence-electron chi connectivity index (χ1n) is 4.93. The molecule has 0 atom stereocenters. The van der Waals surface area contributed by atoms with E-state index in [-0.39, 0.29) is 0 Å². The Morgan fingerprint density at radius 1 is 1.21 bits per heavy atom. The van der Waals surface area contributed by atoms with Crippen LogP contribution < -0.4 is 0 Å². The maximum atomic E-state index is 11.3. The van der Waals surface area contributed by atoms with Gasteiger partial charge in [-0.15, -0.1) is 0 Å². The summed E-state index contributed by atoms with van der Waals surface area (Å²) in [5.41, 5.74) is 2.43. The molecule has 2 heteroatoms. The number of rotatable bonds is 0. The molecule has 70 valence electrons. The van der Waals surface area contributed by atoms with Crippen molar-refractivity contribution in [3.8, 4) is 0 Å². The van der Waals surface area contributed by atoms with Crippen LogP contribution >= 0.6 is 0 Å². The molecule has 1 aliphatic heterocycles. The molecular weight excluding hydrogens is 174 g/mol. The number of carbonyl (C=O) groups is 1. The molecule has 1 aromatic heterocycles. The van der Waals surface area contributed by atoms with Gasteiger partial charge in [-0.2, -0.15) is 0 Å². The summed E-state index contributed by atoms with van der Waals surface area (Å²) in [6.07, 6.45) is 1.29. The predicted molar refractivity (Wildman–Crippen MR) is 55.3 cm³/mol. The minimum Gasteiger partial charge on any atom is -0.344 e. The van der Waals surface area contributed by atoms with Crippen LogP contribution in [0.3, 0.4) is 0 Å². The molecule has 0 N–H and O–H groups in total. The summed E-state index contributed by atoms with van der Waals surface area (Å²) in [5.74, 6) is 0.361. The van der Waals surface area contributed by atoms with E-state index in [0.717, 1.165) is 6.54 Å². The van der Waals surface area contributed by atoms with E-state index in [2.05, 4.69) is 22.8 Å². The summed E-state index contributed by atoms with van der Waals surface area (Å²) < 4.78 is 2.26. The van der Waals surface area contributed by atoms with Crippen molar-refractivity contribution >= 4 is 16.7 Å². The molecule has 0 spiro atoms. The summed E-state index contributed by atoms with van der Waals surface area (Å²) in [5, 5.41) is 1.25. The van der Waals surface area contributed by atoms with Gasteiger partial charge in [-0.05, 0) is 17.5 Å². The lowest BCUT2D eigenvalue weighted by molar-refractivity contribution is -0.119. The highest BCUT2D eigenvalue weighted by atomic mass is 16.1. The summed E-state index contributed by atoms with van der Waals surface area (Å²) in [4.78, 5) is 11.3. The first kappa shape index (κ1) is 7.80. The Hall–Kier alpha value is -1.57. The highest BCUT2D eigenvalue weighted by Crippen LogP contribution is 2.23. The lowest BCUT2D eigenvalue weighted by atomic mass is 10.1. The van der Waals surface area contributed by atoms with Crippen LogP contribution in [0, 0.1) is 0 Å². The number of fused-ring (bicyclic) bond motifs is 3. The maximum Gasteiger partial charge on any atom is 0.140 e. The summed E-state index contributed by atoms with van der Waals surface area (Å²) in [6, 6.07) is 10.4. The van der Waals surface area contributed by atoms with E-state index < -0.39 is 0 Å². The van der Waals surface area contributed by atoms with E-state index in [4.69, 9.17) is 0 Å². The summed E-state index contributed by atoms with van der Waals surface area (Å²) in [6.45, 7) is 0.849. The fourth-order valence-electron chi connectivity index (χ4n) is 2.20. The van der Waals surface area contributed by atoms with Crippen LogP contribution in [0.4, 0.5) is 0 Å². The van der Waals surface area contributed by atoms with Gasteiger partial charge in [-0.3, -0.25) is 4.79 Å². The van der Waals surface area contributed by atoms with Crippen molar-refractivity contribution in [2.24, 2.45) is 0 Å². The number of benzene rings is 1. The van der Waals surface area contributed by atoms with E-state index in [1.165, 1.54) is 16.6 Å². The molecule has 0 saturated heterocycles. The molecule has 0 aliphatic carbocycles. The molecule has 14 heavy (non-hydrogen) atoms. The number of carbonyl (C=O) groups excluding carboxylic acids is 1. The van der Waals surface area contributed by atoms with Crippen molar-refractivity contribution in [2.75, 3.05) is 0 Å². The van der Waals surface area contributed by atoms with Gasteiger partial charge in [0, 0.05) is 30.6 Å². The minimum absolute atomic E-state index is 0.361. The number of Topliss-reactive ketones (excluding diaryl/α,β-unsaturated/α-hetero) is 1. The quantitative estimate of drug-likeness (QED) is 0.616. The standard InChI is InChI=1S/C12H11NO/c14-11-5-6-13-10(8-11)7-9-3-1-2-4-12(9)13/h1-4,7H,5-6,8H2. The fourth-order valence-corrected chi connectivity index (χ4v) is 2.20. The zero-order chi connectivity index (χ0) is 9.54. The number of para-hydroxylation sites is 1. The van der Waals surface area contributed by atoms with Gasteiger partial charge in [-0.1, -0.05) is 18.2 Å². The molecule has 3 rings (SSSR count). The van der Waals surface area contributed by atoms with E-state index >= 15 is 0 Å². The van der Waals surface area contributed by atoms with E-state index in [1.807, 2.05) is 12.1 Å². The monoisotopic (exact) mass is 185 g/mol. The van der Waals surface area contributed by atoms with Gasteiger partial charge in [0.05, 0.1) is 0 Å². The first-order valence-corrected chi connectivity index (χ1v) is 4.93. The topological polar surface area (TPSA) is 22.0 Å². The van der Waals surface area contributed by atoms with Crippen molar-refractivity contribution in [2.45, 2.75) is 19.4 Å². The van der Waals surface area contributed by atoms with Crippen molar-refractivity contribution in [3.63, 3.8) is 0 Å². The number of ketones is 1. The molecule has 1 aliphatic rings. The van der Waals surface area contributed by atoms with Gasteiger partial charge in [0.25, 0.3) is 0 Å². The lowest BCUT2D eigenvalue weighted by Crippen LogP contribution is -2.17. The highest BCUT2D eigenvalue weighted by molar-refractivity contribution is 5.87. The second-order valence-corrected chi connectivity index (χ2v) is 3.81. The molecule has 0 bridgehead atoms. The highest BCUT2D eigenvalue weighted by Gasteiger charge is 2.17. The van der Waals surface area contributed by atoms with Crippen molar-refractivity contribution in [3.05, 3.63) is 36.0 Å². The van der Waals surface area contributed by atoms with Crippen LogP contribution in [0.1, 0.15) is 12.1 Å². The second-order valence-electron chi connectivity index (χ2n) is 3.81. The van der Waals surface area contributed by atoms with Gasteiger partial charge >= 0.3 is 0 Å². The molecule has 0 saturated carbocycles. The molecule has 1 aromatic carbocycles. The number of aryl methyl sites for hydroxylation is 1. The Labute approximate surface area is 82.1 Å². The number of nitrogens with zero attached hydrogens (tertiary/aromatic N) is 1. The molecule has 0 radical (unpaired) electrons. The number of aromatic nitrogens is 1. The van der Waals surface area contributed by atoms with Gasteiger partial charge in [-0.25, -0.2) is 0 Å². The van der Waals surface area contributed by atoms with Crippen molar-refractivity contribution in [1.82, 2.24) is 4.57 Å². The number of hydrogen-bond donors (Lipinski definition) is 0. The Bertz CT molecular complexity index is 510. The minimum atomic E-state index is 0.361. The van der Waals surface area contributed by atoms with Gasteiger partial charge < -0.3 is 4.57 Å². The largest absolute Gasteiger partial charge is 0.344 e. The molecule has 2 nitrogen and oxygen atoms in total. The van der Waals surface area contributed by atoms with Crippen LogP contribution in [0.15, 0.2) is 30.3 Å². The van der Waals surface area contributed by atoms with E-state index in [9.17, 15) is 4.79 Å². The zero-order valence-electron chi connectivity index (χ0n) is 7.86. The lowest BCUT2D eigenvalue weighted by Gasteiger charge is -2.14. The van der Waals surface area contributed by atoms with Gasteiger partial charge in [0.15, 0.2) is 0 Å². The SMILES string of the molecule is O=C1CCn2c(cc3ccccc32)C1. The third-order valence-corrected chi connectivity index (χ3v) is 2.89. The smallest absolute Gasteiger partial charge is 0.140 e. The van der Waals surface area contributed by atoms with E-state index in [0.29, 0.717) is 18.6 Å². The predicted octanol–water partition coefficient (Wildman–Crippen LogP) is 2.16. The molecule has 0 amide bonds. The molecular formula is C12H11NO. The Kier molecular flexibility index (Phi) is 1.51. The molecule has 0 fully saturated rings. The third-order valence-electron chi connectivity index (χ3n) is 2.89. The third kappa shape index (κ3) is 1.00.